The van der Waals surface area contributed by atoms with E-state index in [2.05, 4.69) is 57.2 Å². The van der Waals surface area contributed by atoms with Gasteiger partial charge in [-0.2, -0.15) is 0 Å². The van der Waals surface area contributed by atoms with Crippen molar-refractivity contribution in [1.29, 1.82) is 0 Å². The summed E-state index contributed by atoms with van der Waals surface area (Å²) < 4.78 is 6.41. The first-order chi connectivity index (χ1) is 14.0. The first-order valence-electron chi connectivity index (χ1n) is 12.4. The third-order valence-corrected chi connectivity index (χ3v) is 10.1. The van der Waals surface area contributed by atoms with Crippen molar-refractivity contribution in [2.75, 3.05) is 0 Å². The van der Waals surface area contributed by atoms with Crippen LogP contribution in [-0.4, -0.2) is 6.10 Å². The Hall–Kier alpha value is -1.08. The fourth-order valence-electron chi connectivity index (χ4n) is 8.48. The summed E-state index contributed by atoms with van der Waals surface area (Å²) >= 11 is 0. The smallest absolute Gasteiger partial charge is 0.0720 e. The molecule has 1 aromatic rings. The Balaban J connectivity index is 1.27. The van der Waals surface area contributed by atoms with Gasteiger partial charge in [0.2, 0.25) is 0 Å². The lowest BCUT2D eigenvalue weighted by atomic mass is 9.45. The van der Waals surface area contributed by atoms with Gasteiger partial charge in [0, 0.05) is 0 Å². The van der Waals surface area contributed by atoms with Crippen molar-refractivity contribution >= 4 is 0 Å². The number of allylic oxidation sites excluding steroid dienone is 2. The van der Waals surface area contributed by atoms with Gasteiger partial charge in [0.15, 0.2) is 0 Å². The molecule has 4 aliphatic carbocycles. The fourth-order valence-corrected chi connectivity index (χ4v) is 8.48. The topological polar surface area (TPSA) is 9.23 Å². The van der Waals surface area contributed by atoms with E-state index in [1.54, 1.807) is 5.57 Å². The Kier molecular flexibility index (Phi) is 5.18. The van der Waals surface area contributed by atoms with Crippen molar-refractivity contribution < 1.29 is 4.74 Å². The lowest BCUT2D eigenvalue weighted by Crippen LogP contribution is -2.53. The highest BCUT2D eigenvalue weighted by atomic mass is 16.5. The van der Waals surface area contributed by atoms with Gasteiger partial charge in [0.05, 0.1) is 12.7 Å². The standard InChI is InChI=1S/C28H40O/c1-4-21-11-13-25-24-12-10-22-18-23(29-19-20-8-6-5-7-9-20)14-16-28(22,3)26(24)15-17-27(21,25)2/h4-9,22-26H,10-19H2,1-3H3/t22?,23-,24?,25?,26?,27+,28-/m0/s1. The fraction of sp³-hybridized carbons (Fsp3) is 0.714. The van der Waals surface area contributed by atoms with Gasteiger partial charge in [-0.25, -0.2) is 0 Å². The van der Waals surface area contributed by atoms with Gasteiger partial charge in [-0.05, 0) is 105 Å². The molecule has 4 aliphatic rings. The van der Waals surface area contributed by atoms with Gasteiger partial charge in [-0.3, -0.25) is 0 Å². The highest BCUT2D eigenvalue weighted by Gasteiger charge is 2.58. The highest BCUT2D eigenvalue weighted by Crippen LogP contribution is 2.67. The molecule has 1 nitrogen and oxygen atoms in total. The van der Waals surface area contributed by atoms with Crippen LogP contribution in [0.5, 0.6) is 0 Å². The van der Waals surface area contributed by atoms with Crippen LogP contribution in [0.2, 0.25) is 0 Å². The molecule has 1 aromatic carbocycles. The minimum Gasteiger partial charge on any atom is -0.374 e. The summed E-state index contributed by atoms with van der Waals surface area (Å²) in [6.45, 7) is 8.35. The molecule has 4 saturated carbocycles. The van der Waals surface area contributed by atoms with E-state index < -0.39 is 0 Å². The predicted octanol–water partition coefficient (Wildman–Crippen LogP) is 7.56. The van der Waals surface area contributed by atoms with Crippen molar-refractivity contribution in [1.82, 2.24) is 0 Å². The molecule has 4 fully saturated rings. The van der Waals surface area contributed by atoms with Crippen LogP contribution in [0.4, 0.5) is 0 Å². The van der Waals surface area contributed by atoms with E-state index in [9.17, 15) is 0 Å². The Morgan fingerprint density at radius 1 is 0.966 bits per heavy atom. The molecule has 29 heavy (non-hydrogen) atoms. The lowest BCUT2D eigenvalue weighted by Gasteiger charge is -2.60. The Morgan fingerprint density at radius 2 is 1.79 bits per heavy atom. The number of rotatable bonds is 3. The maximum Gasteiger partial charge on any atom is 0.0720 e. The molecule has 0 saturated heterocycles. The van der Waals surface area contributed by atoms with Crippen molar-refractivity contribution in [2.24, 2.45) is 34.5 Å². The summed E-state index contributed by atoms with van der Waals surface area (Å²) in [6, 6.07) is 10.7. The largest absolute Gasteiger partial charge is 0.374 e. The van der Waals surface area contributed by atoms with Crippen LogP contribution in [0.1, 0.15) is 84.1 Å². The number of benzene rings is 1. The molecular formula is C28H40O. The molecule has 4 unspecified atom stereocenters. The lowest BCUT2D eigenvalue weighted by molar-refractivity contribution is -0.128. The number of fused-ring (bicyclic) bond motifs is 5. The van der Waals surface area contributed by atoms with Crippen LogP contribution in [0.25, 0.3) is 0 Å². The molecule has 0 amide bonds. The van der Waals surface area contributed by atoms with E-state index in [0.29, 0.717) is 16.9 Å². The SMILES string of the molecule is CC=C1CCC2C3CCC4C[C@@H](OCc5ccccc5)CC[C@]4(C)C3CC[C@]12C. The minimum absolute atomic E-state index is 0.472. The molecule has 0 N–H and O–H groups in total. The van der Waals surface area contributed by atoms with E-state index in [-0.39, 0.29) is 0 Å². The summed E-state index contributed by atoms with van der Waals surface area (Å²) in [5, 5.41) is 0. The maximum absolute atomic E-state index is 6.41. The summed E-state index contributed by atoms with van der Waals surface area (Å²) in [7, 11) is 0. The summed E-state index contributed by atoms with van der Waals surface area (Å²) in [5.74, 6) is 3.78. The zero-order valence-corrected chi connectivity index (χ0v) is 18.8. The summed E-state index contributed by atoms with van der Waals surface area (Å²) in [6.07, 6.45) is 15.6. The van der Waals surface area contributed by atoms with Crippen LogP contribution in [0.15, 0.2) is 42.0 Å². The molecule has 0 aliphatic heterocycles. The average molecular weight is 393 g/mol. The van der Waals surface area contributed by atoms with Crippen LogP contribution in [0, 0.1) is 34.5 Å². The first-order valence-corrected chi connectivity index (χ1v) is 12.4. The van der Waals surface area contributed by atoms with Crippen LogP contribution >= 0.6 is 0 Å². The third kappa shape index (κ3) is 3.23. The second-order valence-electron chi connectivity index (χ2n) is 11.2. The van der Waals surface area contributed by atoms with Gasteiger partial charge in [0.1, 0.15) is 0 Å². The predicted molar refractivity (Wildman–Crippen MR) is 121 cm³/mol. The molecule has 0 heterocycles. The van der Waals surface area contributed by atoms with Crippen molar-refractivity contribution in [3.63, 3.8) is 0 Å². The molecule has 0 radical (unpaired) electrons. The quantitative estimate of drug-likeness (QED) is 0.482. The Morgan fingerprint density at radius 3 is 2.59 bits per heavy atom. The van der Waals surface area contributed by atoms with Gasteiger partial charge < -0.3 is 4.74 Å². The van der Waals surface area contributed by atoms with Crippen molar-refractivity contribution in [3.05, 3.63) is 47.5 Å². The maximum atomic E-state index is 6.41. The normalized spacial score (nSPS) is 45.5. The highest BCUT2D eigenvalue weighted by molar-refractivity contribution is 5.23. The second-order valence-corrected chi connectivity index (χ2v) is 11.2. The molecular weight excluding hydrogens is 352 g/mol. The van der Waals surface area contributed by atoms with Gasteiger partial charge in [0.25, 0.3) is 0 Å². The first kappa shape index (κ1) is 19.9. The zero-order valence-electron chi connectivity index (χ0n) is 18.8. The molecule has 0 bridgehead atoms. The van der Waals surface area contributed by atoms with E-state index in [1.165, 1.54) is 63.4 Å². The average Bonchev–Trinajstić information content (AvgIpc) is 3.09. The molecule has 0 spiro atoms. The van der Waals surface area contributed by atoms with Crippen LogP contribution in [0.3, 0.4) is 0 Å². The van der Waals surface area contributed by atoms with E-state index in [1.807, 2.05) is 0 Å². The monoisotopic (exact) mass is 392 g/mol. The number of hydrogen-bond donors (Lipinski definition) is 0. The third-order valence-electron chi connectivity index (χ3n) is 10.1. The molecule has 158 valence electrons. The van der Waals surface area contributed by atoms with E-state index in [0.717, 1.165) is 30.3 Å². The van der Waals surface area contributed by atoms with Crippen molar-refractivity contribution in [3.8, 4) is 0 Å². The Bertz CT molecular complexity index is 751. The van der Waals surface area contributed by atoms with Gasteiger partial charge in [-0.1, -0.05) is 55.8 Å². The number of ether oxygens (including phenoxy) is 1. The zero-order chi connectivity index (χ0) is 20.1. The summed E-state index contributed by atoms with van der Waals surface area (Å²) in [5.41, 5.74) is 4.19. The summed E-state index contributed by atoms with van der Waals surface area (Å²) in [4.78, 5) is 0. The Labute approximate surface area is 178 Å². The van der Waals surface area contributed by atoms with Crippen LogP contribution in [-0.2, 0) is 11.3 Å². The molecule has 7 atom stereocenters. The minimum atomic E-state index is 0.472. The molecule has 1 heteroatoms. The van der Waals surface area contributed by atoms with Crippen LogP contribution < -0.4 is 0 Å². The van der Waals surface area contributed by atoms with Gasteiger partial charge >= 0.3 is 0 Å². The molecule has 5 rings (SSSR count). The van der Waals surface area contributed by atoms with Gasteiger partial charge in [-0.15, -0.1) is 0 Å². The van der Waals surface area contributed by atoms with E-state index >= 15 is 0 Å². The molecule has 0 aromatic heterocycles. The number of hydrogen-bond acceptors (Lipinski definition) is 1. The van der Waals surface area contributed by atoms with Crippen molar-refractivity contribution in [2.45, 2.75) is 91.3 Å². The second kappa shape index (κ2) is 7.56. The van der Waals surface area contributed by atoms with E-state index in [4.69, 9.17) is 4.74 Å².